The zero-order valence-electron chi connectivity index (χ0n) is 11.6. The van der Waals surface area contributed by atoms with Gasteiger partial charge in [0.2, 0.25) is 0 Å². The molecule has 2 N–H and O–H groups in total. The smallest absolute Gasteiger partial charge is 0.122 e. The van der Waals surface area contributed by atoms with Gasteiger partial charge in [-0.3, -0.25) is 0 Å². The molecule has 0 unspecified atom stereocenters. The molecule has 0 aliphatic carbocycles. The molecule has 0 saturated heterocycles. The van der Waals surface area contributed by atoms with Crippen LogP contribution in [-0.4, -0.2) is 10.2 Å². The minimum absolute atomic E-state index is 0.0744. The van der Waals surface area contributed by atoms with E-state index in [2.05, 4.69) is 20.8 Å². The summed E-state index contributed by atoms with van der Waals surface area (Å²) in [6.07, 6.45) is 0.663. The third-order valence-corrected chi connectivity index (χ3v) is 3.26. The topological polar surface area (TPSA) is 40.5 Å². The molecular weight excluding hydrogens is 236 g/mol. The fourth-order valence-corrected chi connectivity index (χ4v) is 2.17. The highest BCUT2D eigenvalue weighted by Gasteiger charge is 2.19. The van der Waals surface area contributed by atoms with Crippen molar-refractivity contribution in [3.05, 3.63) is 59.2 Å². The summed E-state index contributed by atoms with van der Waals surface area (Å²) in [4.78, 5) is 0. The largest absolute Gasteiger partial charge is 0.508 e. The van der Waals surface area contributed by atoms with E-state index in [1.54, 1.807) is 12.1 Å². The lowest BCUT2D eigenvalue weighted by Crippen LogP contribution is -2.12. The van der Waals surface area contributed by atoms with E-state index < -0.39 is 0 Å². The predicted molar refractivity (Wildman–Crippen MR) is 77.7 cm³/mol. The normalized spacial score (nSPS) is 11.5. The number of aromatic hydroxyl groups is 2. The minimum Gasteiger partial charge on any atom is -0.508 e. The monoisotopic (exact) mass is 256 g/mol. The molecule has 0 atom stereocenters. The Morgan fingerprint density at radius 2 is 1.53 bits per heavy atom. The van der Waals surface area contributed by atoms with Crippen LogP contribution >= 0.6 is 0 Å². The molecule has 0 spiro atoms. The van der Waals surface area contributed by atoms with Crippen LogP contribution in [0.5, 0.6) is 11.5 Å². The molecule has 2 heteroatoms. The average molecular weight is 256 g/mol. The molecule has 0 saturated carbocycles. The summed E-state index contributed by atoms with van der Waals surface area (Å²) >= 11 is 0. The van der Waals surface area contributed by atoms with E-state index in [9.17, 15) is 10.2 Å². The Kier molecular flexibility index (Phi) is 3.52. The summed E-state index contributed by atoms with van der Waals surface area (Å²) in [5, 5.41) is 19.7. The highest BCUT2D eigenvalue weighted by Crippen LogP contribution is 2.34. The standard InChI is InChI=1S/C17H20O2/c1-17(2,3)15-6-4-5-13(16(15)19)11-12-7-9-14(18)10-8-12/h4-10,18-19H,11H2,1-3H3. The molecule has 0 aliphatic heterocycles. The molecule has 0 bridgehead atoms. The minimum atomic E-state index is -0.0744. The molecule has 2 aromatic rings. The van der Waals surface area contributed by atoms with Crippen molar-refractivity contribution < 1.29 is 10.2 Å². The lowest BCUT2D eigenvalue weighted by molar-refractivity contribution is 0.441. The SMILES string of the molecule is CC(C)(C)c1cccc(Cc2ccc(O)cc2)c1O. The van der Waals surface area contributed by atoms with E-state index in [1.807, 2.05) is 30.3 Å². The van der Waals surface area contributed by atoms with Crippen LogP contribution in [0.1, 0.15) is 37.5 Å². The summed E-state index contributed by atoms with van der Waals surface area (Å²) < 4.78 is 0. The summed E-state index contributed by atoms with van der Waals surface area (Å²) in [5.41, 5.74) is 2.87. The maximum atomic E-state index is 10.4. The van der Waals surface area contributed by atoms with Gasteiger partial charge in [-0.05, 0) is 34.2 Å². The zero-order valence-corrected chi connectivity index (χ0v) is 11.6. The number of phenolic OH excluding ortho intramolecular Hbond substituents is 2. The Labute approximate surface area is 114 Å². The third-order valence-electron chi connectivity index (χ3n) is 3.26. The maximum Gasteiger partial charge on any atom is 0.122 e. The highest BCUT2D eigenvalue weighted by atomic mass is 16.3. The van der Waals surface area contributed by atoms with Gasteiger partial charge in [0.05, 0.1) is 0 Å². The van der Waals surface area contributed by atoms with Gasteiger partial charge in [-0.2, -0.15) is 0 Å². The molecule has 2 nitrogen and oxygen atoms in total. The van der Waals surface area contributed by atoms with Crippen LogP contribution in [0.15, 0.2) is 42.5 Å². The first-order chi connectivity index (χ1) is 8.88. The van der Waals surface area contributed by atoms with Crippen molar-refractivity contribution >= 4 is 0 Å². The van der Waals surface area contributed by atoms with E-state index in [0.29, 0.717) is 12.2 Å². The van der Waals surface area contributed by atoms with Crippen molar-refractivity contribution in [2.45, 2.75) is 32.6 Å². The summed E-state index contributed by atoms with van der Waals surface area (Å²) in [5.74, 6) is 0.638. The van der Waals surface area contributed by atoms with E-state index in [4.69, 9.17) is 0 Å². The van der Waals surface area contributed by atoms with Crippen LogP contribution in [0.2, 0.25) is 0 Å². The first-order valence-electron chi connectivity index (χ1n) is 6.47. The number of benzene rings is 2. The second-order valence-corrected chi connectivity index (χ2v) is 5.91. The average Bonchev–Trinajstić information content (AvgIpc) is 2.33. The highest BCUT2D eigenvalue weighted by molar-refractivity contribution is 5.46. The molecule has 0 heterocycles. The summed E-state index contributed by atoms with van der Waals surface area (Å²) in [6.45, 7) is 6.27. The molecule has 0 amide bonds. The van der Waals surface area contributed by atoms with Gasteiger partial charge in [0.15, 0.2) is 0 Å². The molecule has 2 aromatic carbocycles. The van der Waals surface area contributed by atoms with E-state index in [-0.39, 0.29) is 11.2 Å². The maximum absolute atomic E-state index is 10.4. The fourth-order valence-electron chi connectivity index (χ4n) is 2.17. The number of para-hydroxylation sites is 1. The number of hydrogen-bond acceptors (Lipinski definition) is 2. The predicted octanol–water partition coefficient (Wildman–Crippen LogP) is 3.99. The Bertz CT molecular complexity index is 563. The van der Waals surface area contributed by atoms with Gasteiger partial charge < -0.3 is 10.2 Å². The van der Waals surface area contributed by atoms with Crippen molar-refractivity contribution in [3.63, 3.8) is 0 Å². The van der Waals surface area contributed by atoms with Crippen molar-refractivity contribution in [3.8, 4) is 11.5 Å². The van der Waals surface area contributed by atoms with Crippen LogP contribution in [0.3, 0.4) is 0 Å². The molecule has 0 aliphatic rings. The first-order valence-corrected chi connectivity index (χ1v) is 6.47. The van der Waals surface area contributed by atoms with Crippen LogP contribution in [0, 0.1) is 0 Å². The quantitative estimate of drug-likeness (QED) is 0.853. The molecule has 0 radical (unpaired) electrons. The first kappa shape index (κ1) is 13.5. The zero-order chi connectivity index (χ0) is 14.0. The van der Waals surface area contributed by atoms with Crippen molar-refractivity contribution in [1.29, 1.82) is 0 Å². The van der Waals surface area contributed by atoms with Gasteiger partial charge in [-0.15, -0.1) is 0 Å². The van der Waals surface area contributed by atoms with Gasteiger partial charge >= 0.3 is 0 Å². The Balaban J connectivity index is 2.33. The van der Waals surface area contributed by atoms with Gasteiger partial charge in [-0.1, -0.05) is 51.1 Å². The number of phenols is 2. The number of rotatable bonds is 2. The van der Waals surface area contributed by atoms with E-state index in [1.165, 1.54) is 0 Å². The Morgan fingerprint density at radius 1 is 0.895 bits per heavy atom. The molecule has 19 heavy (non-hydrogen) atoms. The van der Waals surface area contributed by atoms with Crippen LogP contribution in [0.4, 0.5) is 0 Å². The van der Waals surface area contributed by atoms with Gasteiger partial charge in [0, 0.05) is 6.42 Å². The molecular formula is C17H20O2. The van der Waals surface area contributed by atoms with Gasteiger partial charge in [0.25, 0.3) is 0 Å². The summed E-state index contributed by atoms with van der Waals surface area (Å²) in [6, 6.07) is 13.0. The van der Waals surface area contributed by atoms with Gasteiger partial charge in [-0.25, -0.2) is 0 Å². The van der Waals surface area contributed by atoms with Crippen LogP contribution in [-0.2, 0) is 11.8 Å². The second kappa shape index (κ2) is 4.96. The fraction of sp³-hybridized carbons (Fsp3) is 0.294. The Hall–Kier alpha value is -1.96. The molecule has 100 valence electrons. The Morgan fingerprint density at radius 3 is 2.11 bits per heavy atom. The van der Waals surface area contributed by atoms with Crippen molar-refractivity contribution in [2.24, 2.45) is 0 Å². The van der Waals surface area contributed by atoms with Crippen LogP contribution < -0.4 is 0 Å². The van der Waals surface area contributed by atoms with Crippen molar-refractivity contribution in [1.82, 2.24) is 0 Å². The van der Waals surface area contributed by atoms with Gasteiger partial charge in [0.1, 0.15) is 11.5 Å². The third kappa shape index (κ3) is 3.08. The van der Waals surface area contributed by atoms with Crippen molar-refractivity contribution in [2.75, 3.05) is 0 Å². The van der Waals surface area contributed by atoms with Crippen LogP contribution in [0.25, 0.3) is 0 Å². The van der Waals surface area contributed by atoms with E-state index >= 15 is 0 Å². The molecule has 0 fully saturated rings. The van der Waals surface area contributed by atoms with E-state index in [0.717, 1.165) is 16.7 Å². The lowest BCUT2D eigenvalue weighted by Gasteiger charge is -2.22. The summed E-state index contributed by atoms with van der Waals surface area (Å²) in [7, 11) is 0. The lowest BCUT2D eigenvalue weighted by atomic mass is 9.84. The second-order valence-electron chi connectivity index (χ2n) is 5.91. The molecule has 0 aromatic heterocycles. The number of hydrogen-bond donors (Lipinski definition) is 2. The molecule has 2 rings (SSSR count).